The molecule has 5 nitrogen and oxygen atoms in total. The zero-order chi connectivity index (χ0) is 19.1. The predicted molar refractivity (Wildman–Crippen MR) is 106 cm³/mol. The largest absolute Gasteiger partial charge is 0.486 e. The molecule has 2 heterocycles. The lowest BCUT2D eigenvalue weighted by Gasteiger charge is -2.15. The first kappa shape index (κ1) is 17.9. The average molecular weight is 401 g/mol. The minimum atomic E-state index is -0.529. The van der Waals surface area contributed by atoms with Gasteiger partial charge < -0.3 is 10.5 Å². The first-order valence-corrected chi connectivity index (χ1v) is 9.83. The minimum Gasteiger partial charge on any atom is -0.486 e. The number of primary amides is 1. The molecule has 0 spiro atoms. The second-order valence-corrected chi connectivity index (χ2v) is 7.98. The lowest BCUT2D eigenvalue weighted by Crippen LogP contribution is -2.14. The number of halogens is 1. The Balaban J connectivity index is 1.62. The van der Waals surface area contributed by atoms with Crippen molar-refractivity contribution in [1.29, 1.82) is 0 Å². The van der Waals surface area contributed by atoms with Crippen LogP contribution >= 0.6 is 22.9 Å². The molecule has 3 aromatic rings. The van der Waals surface area contributed by atoms with Crippen molar-refractivity contribution in [1.82, 2.24) is 4.98 Å². The molecule has 0 radical (unpaired) electrons. The number of rotatable bonds is 5. The van der Waals surface area contributed by atoms with Crippen LogP contribution in [0.25, 0.3) is 10.1 Å². The summed E-state index contributed by atoms with van der Waals surface area (Å²) in [4.78, 5) is 27.1. The summed E-state index contributed by atoms with van der Waals surface area (Å²) >= 11 is 8.04. The number of aryl methyl sites for hydroxylation is 1. The van der Waals surface area contributed by atoms with Gasteiger partial charge in [-0.25, -0.2) is 4.98 Å². The number of hydrogen-bond acceptors (Lipinski definition) is 5. The molecule has 27 heavy (non-hydrogen) atoms. The number of ketones is 1. The lowest BCUT2D eigenvalue weighted by atomic mass is 10.1. The third kappa shape index (κ3) is 3.42. The molecule has 0 bridgehead atoms. The summed E-state index contributed by atoms with van der Waals surface area (Å²) in [6, 6.07) is 7.24. The fourth-order valence-electron chi connectivity index (χ4n) is 3.47. The van der Waals surface area contributed by atoms with Crippen LogP contribution in [0, 0.1) is 0 Å². The van der Waals surface area contributed by atoms with Gasteiger partial charge in [-0.15, -0.1) is 11.3 Å². The molecular formula is C20H17ClN2O3S. The molecule has 1 unspecified atom stereocenters. The highest BCUT2D eigenvalue weighted by atomic mass is 35.5. The van der Waals surface area contributed by atoms with Gasteiger partial charge in [0.05, 0.1) is 5.02 Å². The number of aromatic nitrogens is 1. The summed E-state index contributed by atoms with van der Waals surface area (Å²) < 4.78 is 7.18. The van der Waals surface area contributed by atoms with Crippen molar-refractivity contribution in [2.75, 3.05) is 0 Å². The van der Waals surface area contributed by atoms with Crippen molar-refractivity contribution in [2.24, 2.45) is 5.73 Å². The van der Waals surface area contributed by atoms with E-state index in [1.807, 2.05) is 17.5 Å². The summed E-state index contributed by atoms with van der Waals surface area (Å²) in [5.74, 6) is 0.260. The normalized spacial score (nSPS) is 15.7. The van der Waals surface area contributed by atoms with Gasteiger partial charge in [0.25, 0.3) is 5.91 Å². The van der Waals surface area contributed by atoms with Crippen molar-refractivity contribution in [3.63, 3.8) is 0 Å². The number of carbonyl (C=O) groups excluding carboxylic acids is 2. The monoisotopic (exact) mass is 400 g/mol. The van der Waals surface area contributed by atoms with E-state index in [0.29, 0.717) is 17.2 Å². The number of hydrogen-bond donors (Lipinski definition) is 1. The molecule has 1 atom stereocenters. The molecule has 1 aliphatic rings. The van der Waals surface area contributed by atoms with Crippen molar-refractivity contribution < 1.29 is 14.3 Å². The first-order chi connectivity index (χ1) is 12.9. The number of benzene rings is 1. The van der Waals surface area contributed by atoms with Gasteiger partial charge in [0, 0.05) is 27.8 Å². The van der Waals surface area contributed by atoms with E-state index >= 15 is 0 Å². The molecule has 0 fully saturated rings. The Morgan fingerprint density at radius 3 is 2.93 bits per heavy atom. The third-order valence-corrected chi connectivity index (χ3v) is 5.92. The van der Waals surface area contributed by atoms with Gasteiger partial charge in [-0.3, -0.25) is 9.59 Å². The highest BCUT2D eigenvalue weighted by molar-refractivity contribution is 7.17. The summed E-state index contributed by atoms with van der Waals surface area (Å²) in [6.45, 7) is 1.57. The number of Topliss-reactive ketones (excluding diaryl/α,β-unsaturated/α-hetero) is 1. The Bertz CT molecular complexity index is 1080. The Labute approximate surface area is 165 Å². The first-order valence-electron chi connectivity index (χ1n) is 8.57. The summed E-state index contributed by atoms with van der Waals surface area (Å²) in [5, 5.41) is 3.48. The molecule has 0 saturated heterocycles. The highest BCUT2D eigenvalue weighted by Gasteiger charge is 2.26. The highest BCUT2D eigenvalue weighted by Crippen LogP contribution is 2.39. The Morgan fingerprint density at radius 2 is 2.19 bits per heavy atom. The van der Waals surface area contributed by atoms with Crippen LogP contribution in [0.4, 0.5) is 0 Å². The summed E-state index contributed by atoms with van der Waals surface area (Å²) in [5.41, 5.74) is 8.35. The SMILES string of the molecule is CC(=O)Cc1csc2cc(OC3CCc4nc(C(N)=O)ccc43)cc(Cl)c12. The zero-order valence-corrected chi connectivity index (χ0v) is 16.2. The number of nitrogens with zero attached hydrogens (tertiary/aromatic N) is 1. The topological polar surface area (TPSA) is 82.3 Å². The summed E-state index contributed by atoms with van der Waals surface area (Å²) in [7, 11) is 0. The Kier molecular flexibility index (Phi) is 4.61. The molecule has 138 valence electrons. The van der Waals surface area contributed by atoms with E-state index in [4.69, 9.17) is 22.1 Å². The number of nitrogens with two attached hydrogens (primary N) is 1. The molecule has 0 aliphatic heterocycles. The van der Waals surface area contributed by atoms with Crippen molar-refractivity contribution >= 4 is 44.7 Å². The molecule has 0 saturated carbocycles. The van der Waals surface area contributed by atoms with Crippen LogP contribution in [0.2, 0.25) is 5.02 Å². The molecular weight excluding hydrogens is 384 g/mol. The maximum Gasteiger partial charge on any atom is 0.267 e. The second kappa shape index (κ2) is 6.94. The molecule has 7 heteroatoms. The van der Waals surface area contributed by atoms with E-state index < -0.39 is 5.91 Å². The van der Waals surface area contributed by atoms with Gasteiger partial charge in [0.2, 0.25) is 0 Å². The minimum absolute atomic E-state index is 0.108. The number of carbonyl (C=O) groups is 2. The van der Waals surface area contributed by atoms with Crippen LogP contribution in [0.5, 0.6) is 5.75 Å². The predicted octanol–water partition coefficient (Wildman–Crippen LogP) is 4.25. The van der Waals surface area contributed by atoms with Crippen LogP contribution in [0.15, 0.2) is 29.6 Å². The Morgan fingerprint density at radius 1 is 1.37 bits per heavy atom. The molecule has 4 rings (SSSR count). The quantitative estimate of drug-likeness (QED) is 0.694. The molecule has 2 aromatic heterocycles. The zero-order valence-electron chi connectivity index (χ0n) is 14.6. The third-order valence-electron chi connectivity index (χ3n) is 4.65. The number of fused-ring (bicyclic) bond motifs is 2. The summed E-state index contributed by atoms with van der Waals surface area (Å²) in [6.07, 6.45) is 1.75. The fourth-order valence-corrected chi connectivity index (χ4v) is 4.88. The standard InChI is InChI=1S/C20H17ClN2O3S/c1-10(24)6-11-9-27-18-8-12(7-14(21)19(11)18)26-17-5-4-15-13(17)2-3-16(23-15)20(22)25/h2-3,7-9,17H,4-6H2,1H3,(H2,22,25). The molecule has 1 aromatic carbocycles. The van der Waals surface area contributed by atoms with E-state index in [1.54, 1.807) is 30.4 Å². The maximum absolute atomic E-state index is 11.4. The van der Waals surface area contributed by atoms with Gasteiger partial charge in [-0.05, 0) is 48.9 Å². The van der Waals surface area contributed by atoms with Gasteiger partial charge in [0.1, 0.15) is 23.3 Å². The van der Waals surface area contributed by atoms with Gasteiger partial charge >= 0.3 is 0 Å². The van der Waals surface area contributed by atoms with Gasteiger partial charge in [-0.2, -0.15) is 0 Å². The van der Waals surface area contributed by atoms with E-state index in [-0.39, 0.29) is 17.6 Å². The van der Waals surface area contributed by atoms with Crippen LogP contribution in [0.1, 0.15) is 46.8 Å². The fraction of sp³-hybridized carbons (Fsp3) is 0.250. The van der Waals surface area contributed by atoms with Crippen molar-refractivity contribution in [2.45, 2.75) is 32.3 Å². The van der Waals surface area contributed by atoms with Crippen LogP contribution in [-0.2, 0) is 17.6 Å². The Hall–Kier alpha value is -2.44. The van der Waals surface area contributed by atoms with Crippen molar-refractivity contribution in [3.8, 4) is 5.75 Å². The van der Waals surface area contributed by atoms with E-state index in [2.05, 4.69) is 4.98 Å². The number of amides is 1. The lowest BCUT2D eigenvalue weighted by molar-refractivity contribution is -0.116. The number of pyridine rings is 1. The van der Waals surface area contributed by atoms with E-state index in [1.165, 1.54) is 0 Å². The van der Waals surface area contributed by atoms with Crippen LogP contribution < -0.4 is 10.5 Å². The van der Waals surface area contributed by atoms with E-state index in [0.717, 1.165) is 39.7 Å². The number of thiophene rings is 1. The van der Waals surface area contributed by atoms with Crippen LogP contribution in [0.3, 0.4) is 0 Å². The van der Waals surface area contributed by atoms with Crippen LogP contribution in [-0.4, -0.2) is 16.7 Å². The van der Waals surface area contributed by atoms with Gasteiger partial charge in [-0.1, -0.05) is 17.7 Å². The van der Waals surface area contributed by atoms with Gasteiger partial charge in [0.15, 0.2) is 0 Å². The smallest absolute Gasteiger partial charge is 0.267 e. The maximum atomic E-state index is 11.4. The number of ether oxygens (including phenoxy) is 1. The molecule has 1 aliphatic carbocycles. The van der Waals surface area contributed by atoms with Crippen molar-refractivity contribution in [3.05, 3.63) is 57.2 Å². The molecule has 2 N–H and O–H groups in total. The average Bonchev–Trinajstić information content (AvgIpc) is 3.19. The second-order valence-electron chi connectivity index (χ2n) is 6.66. The van der Waals surface area contributed by atoms with E-state index in [9.17, 15) is 9.59 Å². The molecule has 1 amide bonds.